The van der Waals surface area contributed by atoms with Gasteiger partial charge in [0.2, 0.25) is 12.3 Å². The number of nitrogens with zero attached hydrogens (tertiary/aromatic N) is 3. The number of nitrogens with two attached hydrogens (primary N) is 1. The van der Waals surface area contributed by atoms with Gasteiger partial charge in [-0.1, -0.05) is 49.6 Å². The van der Waals surface area contributed by atoms with Crippen LogP contribution in [0.3, 0.4) is 0 Å². The summed E-state index contributed by atoms with van der Waals surface area (Å²) >= 11 is 0. The summed E-state index contributed by atoms with van der Waals surface area (Å²) in [5, 5.41) is 2.30. The molecule has 3 N–H and O–H groups in total. The smallest absolute Gasteiger partial charge is 0.324 e. The summed E-state index contributed by atoms with van der Waals surface area (Å²) in [6.07, 6.45) is 10.0. The number of hydrogen-bond acceptors (Lipinski definition) is 4. The average molecular weight is 562 g/mol. The van der Waals surface area contributed by atoms with Crippen LogP contribution in [0.15, 0.2) is 73.1 Å². The van der Waals surface area contributed by atoms with Crippen LogP contribution in [0.2, 0.25) is 0 Å². The Bertz CT molecular complexity index is 1230. The van der Waals surface area contributed by atoms with Crippen molar-refractivity contribution in [2.75, 3.05) is 18.0 Å². The van der Waals surface area contributed by atoms with Crippen molar-refractivity contribution >= 4 is 24.0 Å². The summed E-state index contributed by atoms with van der Waals surface area (Å²) in [4.78, 5) is 41.4. The van der Waals surface area contributed by atoms with Crippen LogP contribution in [0.1, 0.15) is 74.6 Å². The zero-order chi connectivity index (χ0) is 29.6. The number of carbonyl (C=O) groups excluding carboxylic acids is 3. The fraction of sp³-hybridized carbons (Fsp3) is 0.375. The first kappa shape index (κ1) is 31.3. The Morgan fingerprint density at radius 3 is 2.22 bits per heavy atom. The molecule has 9 heteroatoms. The van der Waals surface area contributed by atoms with Gasteiger partial charge in [-0.05, 0) is 74.1 Å². The van der Waals surface area contributed by atoms with Gasteiger partial charge in [-0.3, -0.25) is 19.5 Å². The van der Waals surface area contributed by atoms with Crippen LogP contribution in [-0.2, 0) is 16.1 Å². The first-order valence-corrected chi connectivity index (χ1v) is 14.2. The van der Waals surface area contributed by atoms with Crippen LogP contribution in [-0.4, -0.2) is 41.3 Å². The number of primary amides is 1. The minimum absolute atomic E-state index is 0.0482. The van der Waals surface area contributed by atoms with E-state index >= 15 is 0 Å². The van der Waals surface area contributed by atoms with Crippen LogP contribution in [0.4, 0.5) is 14.9 Å². The topological polar surface area (TPSA) is 109 Å². The predicted molar refractivity (Wildman–Crippen MR) is 159 cm³/mol. The van der Waals surface area contributed by atoms with E-state index in [2.05, 4.69) is 34.6 Å². The molecule has 1 heterocycles. The van der Waals surface area contributed by atoms with Gasteiger partial charge in [-0.25, -0.2) is 9.18 Å². The van der Waals surface area contributed by atoms with E-state index in [1.54, 1.807) is 40.3 Å². The molecule has 4 rings (SSSR count). The number of urea groups is 1. The number of benzene rings is 2. The highest BCUT2D eigenvalue weighted by atomic mass is 19.1. The maximum atomic E-state index is 13.4. The lowest BCUT2D eigenvalue weighted by atomic mass is 9.84. The van der Waals surface area contributed by atoms with Crippen molar-refractivity contribution in [2.24, 2.45) is 5.73 Å². The summed E-state index contributed by atoms with van der Waals surface area (Å²) in [7, 11) is 0. The molecular formula is C32H40FN5O3. The van der Waals surface area contributed by atoms with Crippen LogP contribution < -0.4 is 16.0 Å². The van der Waals surface area contributed by atoms with E-state index in [-0.39, 0.29) is 11.8 Å². The molecule has 3 aromatic rings. The second kappa shape index (κ2) is 16.1. The van der Waals surface area contributed by atoms with E-state index in [1.807, 2.05) is 13.8 Å². The Kier molecular flexibility index (Phi) is 12.3. The SMILES string of the molecule is CCN(CC)C(=O)N(Cc1ccc(C2CCCCC2)cc1)c1ccc(F)cc1.NC(=O)C(NC=O)c1cccnc1. The highest BCUT2D eigenvalue weighted by Crippen LogP contribution is 2.32. The fourth-order valence-electron chi connectivity index (χ4n) is 5.03. The zero-order valence-corrected chi connectivity index (χ0v) is 23.8. The van der Waals surface area contributed by atoms with Gasteiger partial charge in [-0.15, -0.1) is 0 Å². The van der Waals surface area contributed by atoms with E-state index < -0.39 is 11.9 Å². The number of nitrogens with one attached hydrogen (secondary N) is 1. The molecular weight excluding hydrogens is 521 g/mol. The molecule has 4 amide bonds. The van der Waals surface area contributed by atoms with Gasteiger partial charge < -0.3 is 16.0 Å². The molecule has 1 aliphatic carbocycles. The van der Waals surface area contributed by atoms with E-state index in [9.17, 15) is 18.8 Å². The molecule has 0 bridgehead atoms. The first-order valence-electron chi connectivity index (χ1n) is 14.2. The van der Waals surface area contributed by atoms with Crippen molar-refractivity contribution in [1.29, 1.82) is 0 Å². The molecule has 0 saturated heterocycles. The summed E-state index contributed by atoms with van der Waals surface area (Å²) in [5.41, 5.74) is 8.85. The Balaban J connectivity index is 0.000000298. The Morgan fingerprint density at radius 1 is 1.02 bits per heavy atom. The van der Waals surface area contributed by atoms with Gasteiger partial charge in [0, 0.05) is 36.7 Å². The van der Waals surface area contributed by atoms with E-state index in [4.69, 9.17) is 5.73 Å². The summed E-state index contributed by atoms with van der Waals surface area (Å²) in [5.74, 6) is -0.232. The molecule has 1 saturated carbocycles. The lowest BCUT2D eigenvalue weighted by Crippen LogP contribution is -2.42. The molecule has 1 aliphatic rings. The van der Waals surface area contributed by atoms with E-state index in [0.717, 1.165) is 11.3 Å². The number of rotatable bonds is 10. The molecule has 1 unspecified atom stereocenters. The van der Waals surface area contributed by atoms with E-state index in [0.29, 0.717) is 37.5 Å². The van der Waals surface area contributed by atoms with Crippen LogP contribution in [0.25, 0.3) is 0 Å². The highest BCUT2D eigenvalue weighted by molar-refractivity contribution is 5.92. The monoisotopic (exact) mass is 561 g/mol. The molecule has 0 spiro atoms. The molecule has 2 aromatic carbocycles. The fourth-order valence-corrected chi connectivity index (χ4v) is 5.03. The second-order valence-electron chi connectivity index (χ2n) is 10.0. The van der Waals surface area contributed by atoms with Crippen LogP contribution >= 0.6 is 0 Å². The van der Waals surface area contributed by atoms with Gasteiger partial charge in [-0.2, -0.15) is 0 Å². The van der Waals surface area contributed by atoms with E-state index in [1.165, 1.54) is 56.0 Å². The predicted octanol–water partition coefficient (Wildman–Crippen LogP) is 5.70. The number of amides is 4. The lowest BCUT2D eigenvalue weighted by Gasteiger charge is -2.30. The molecule has 1 fully saturated rings. The Hall–Kier alpha value is -4.27. The van der Waals surface area contributed by atoms with Crippen molar-refractivity contribution in [2.45, 2.75) is 64.5 Å². The third-order valence-electron chi connectivity index (χ3n) is 7.34. The summed E-state index contributed by atoms with van der Waals surface area (Å²) in [6.45, 7) is 5.72. The van der Waals surface area contributed by atoms with Gasteiger partial charge in [0.05, 0.1) is 6.54 Å². The molecule has 41 heavy (non-hydrogen) atoms. The Morgan fingerprint density at radius 2 is 1.68 bits per heavy atom. The molecule has 1 atom stereocenters. The van der Waals surface area contributed by atoms with Gasteiger partial charge >= 0.3 is 6.03 Å². The highest BCUT2D eigenvalue weighted by Gasteiger charge is 2.22. The van der Waals surface area contributed by atoms with Crippen molar-refractivity contribution < 1.29 is 18.8 Å². The molecule has 218 valence electrons. The number of anilines is 1. The van der Waals surface area contributed by atoms with Gasteiger partial charge in [0.1, 0.15) is 11.9 Å². The largest absolute Gasteiger partial charge is 0.368 e. The van der Waals surface area contributed by atoms with Crippen molar-refractivity contribution in [1.82, 2.24) is 15.2 Å². The van der Waals surface area contributed by atoms with Crippen molar-refractivity contribution in [3.8, 4) is 0 Å². The molecule has 1 aromatic heterocycles. The summed E-state index contributed by atoms with van der Waals surface area (Å²) < 4.78 is 13.4. The van der Waals surface area contributed by atoms with Crippen molar-refractivity contribution in [3.05, 3.63) is 95.6 Å². The third-order valence-corrected chi connectivity index (χ3v) is 7.34. The standard InChI is InChI=1S/C24H31FN2O.C8H9N3O2/c1-3-26(4-2)24(28)27(23-16-14-22(25)15-17-23)18-19-10-12-21(13-11-19)20-8-6-5-7-9-20;9-8(13)7(11-5-12)6-2-1-3-10-4-6/h10-17,20H,3-9,18H2,1-2H3;1-5,7H,(H2,9,13)(H,11,12). The van der Waals surface area contributed by atoms with Gasteiger partial charge in [0.25, 0.3) is 0 Å². The van der Waals surface area contributed by atoms with Crippen LogP contribution in [0.5, 0.6) is 0 Å². The number of aromatic nitrogens is 1. The maximum absolute atomic E-state index is 13.4. The molecule has 8 nitrogen and oxygen atoms in total. The number of carbonyl (C=O) groups is 3. The molecule has 0 aliphatic heterocycles. The normalized spacial score (nSPS) is 13.7. The third kappa shape index (κ3) is 9.13. The van der Waals surface area contributed by atoms with Crippen LogP contribution in [0, 0.1) is 5.82 Å². The summed E-state index contributed by atoms with van der Waals surface area (Å²) in [6, 6.07) is 17.3. The quantitative estimate of drug-likeness (QED) is 0.310. The molecule has 0 radical (unpaired) electrons. The van der Waals surface area contributed by atoms with Crippen molar-refractivity contribution in [3.63, 3.8) is 0 Å². The maximum Gasteiger partial charge on any atom is 0.324 e. The first-order chi connectivity index (χ1) is 19.9. The minimum atomic E-state index is -0.800. The number of pyridine rings is 1. The second-order valence-corrected chi connectivity index (χ2v) is 10.0. The zero-order valence-electron chi connectivity index (χ0n) is 23.8. The lowest BCUT2D eigenvalue weighted by molar-refractivity contribution is -0.122. The average Bonchev–Trinajstić information content (AvgIpc) is 3.01. The Labute approximate surface area is 241 Å². The minimum Gasteiger partial charge on any atom is -0.368 e. The number of halogens is 1. The number of hydrogen-bond donors (Lipinski definition) is 2. The van der Waals surface area contributed by atoms with Gasteiger partial charge in [0.15, 0.2) is 0 Å².